The molecular formula is C26H32O4. The van der Waals surface area contributed by atoms with Crippen molar-refractivity contribution in [2.75, 3.05) is 0 Å². The minimum atomic E-state index is -0.0626. The molecule has 2 aromatic carbocycles. The highest BCUT2D eigenvalue weighted by Gasteiger charge is 2.13. The molecule has 0 atom stereocenters. The highest BCUT2D eigenvalue weighted by Crippen LogP contribution is 2.07. The van der Waals surface area contributed by atoms with E-state index in [9.17, 15) is 19.5 Å². The standard InChI is InChI=1S/2C13H16O2/c2*1-10(2)13(15)9-12(14)8-11-6-4-3-5-7-11/h3-7,10H,8-9H2,1-2H3;3-7,9-10,15H,8H2,1-2H3/b;13-9-. The van der Waals surface area contributed by atoms with Crippen LogP contribution in [0.25, 0.3) is 0 Å². The van der Waals surface area contributed by atoms with E-state index in [1.807, 2.05) is 88.4 Å². The predicted octanol–water partition coefficient (Wildman–Crippen LogP) is 5.31. The van der Waals surface area contributed by atoms with Crippen LogP contribution in [-0.4, -0.2) is 22.5 Å². The summed E-state index contributed by atoms with van der Waals surface area (Å²) in [5.74, 6) is 0.0635. The van der Waals surface area contributed by atoms with Crippen LogP contribution in [0.2, 0.25) is 0 Å². The number of Topliss-reactive ketones (excluding diaryl/α,β-unsaturated/α-hetero) is 2. The molecule has 4 heteroatoms. The second-order valence-electron chi connectivity index (χ2n) is 7.85. The largest absolute Gasteiger partial charge is 0.512 e. The van der Waals surface area contributed by atoms with Gasteiger partial charge in [-0.1, -0.05) is 88.4 Å². The zero-order valence-electron chi connectivity index (χ0n) is 18.3. The number of hydrogen-bond acceptors (Lipinski definition) is 4. The second-order valence-corrected chi connectivity index (χ2v) is 7.85. The van der Waals surface area contributed by atoms with E-state index in [0.717, 1.165) is 11.1 Å². The van der Waals surface area contributed by atoms with E-state index in [2.05, 4.69) is 0 Å². The summed E-state index contributed by atoms with van der Waals surface area (Å²) in [5.41, 5.74) is 1.94. The second kappa shape index (κ2) is 13.3. The third-order valence-corrected chi connectivity index (χ3v) is 4.38. The molecule has 4 nitrogen and oxygen atoms in total. The summed E-state index contributed by atoms with van der Waals surface area (Å²) < 4.78 is 0. The van der Waals surface area contributed by atoms with Crippen molar-refractivity contribution in [3.05, 3.63) is 83.6 Å². The first kappa shape index (κ1) is 25.0. The van der Waals surface area contributed by atoms with E-state index in [1.54, 1.807) is 0 Å². The van der Waals surface area contributed by atoms with Gasteiger partial charge in [0.1, 0.15) is 11.6 Å². The monoisotopic (exact) mass is 408 g/mol. The number of carbonyl (C=O) groups excluding carboxylic acids is 3. The summed E-state index contributed by atoms with van der Waals surface area (Å²) in [7, 11) is 0. The lowest BCUT2D eigenvalue weighted by molar-refractivity contribution is -0.128. The maximum Gasteiger partial charge on any atom is 0.163 e. The first-order valence-corrected chi connectivity index (χ1v) is 10.2. The smallest absolute Gasteiger partial charge is 0.163 e. The Hall–Kier alpha value is -3.01. The number of ketones is 3. The molecule has 0 bridgehead atoms. The number of carbonyl (C=O) groups is 3. The molecule has 0 amide bonds. The first-order valence-electron chi connectivity index (χ1n) is 10.2. The van der Waals surface area contributed by atoms with Crippen molar-refractivity contribution in [3.8, 4) is 0 Å². The Morgan fingerprint density at radius 2 is 1.23 bits per heavy atom. The lowest BCUT2D eigenvalue weighted by Gasteiger charge is -2.03. The number of aliphatic hydroxyl groups excluding tert-OH is 1. The van der Waals surface area contributed by atoms with Gasteiger partial charge in [-0.3, -0.25) is 14.4 Å². The Bertz CT molecular complexity index is 834. The van der Waals surface area contributed by atoms with Gasteiger partial charge in [0.05, 0.1) is 12.2 Å². The van der Waals surface area contributed by atoms with Crippen molar-refractivity contribution in [2.45, 2.75) is 47.0 Å². The maximum atomic E-state index is 11.5. The van der Waals surface area contributed by atoms with E-state index in [4.69, 9.17) is 0 Å². The Morgan fingerprint density at radius 1 is 0.767 bits per heavy atom. The molecule has 160 valence electrons. The van der Waals surface area contributed by atoms with Crippen LogP contribution in [0, 0.1) is 11.8 Å². The van der Waals surface area contributed by atoms with Gasteiger partial charge in [-0.25, -0.2) is 0 Å². The quantitative estimate of drug-likeness (QED) is 0.347. The fraction of sp³-hybridized carbons (Fsp3) is 0.346. The van der Waals surface area contributed by atoms with Gasteiger partial charge in [0.25, 0.3) is 0 Å². The average molecular weight is 409 g/mol. The van der Waals surface area contributed by atoms with E-state index in [1.165, 1.54) is 6.08 Å². The van der Waals surface area contributed by atoms with E-state index in [0.29, 0.717) is 12.8 Å². The zero-order chi connectivity index (χ0) is 22.5. The summed E-state index contributed by atoms with van der Waals surface area (Å²) in [6, 6.07) is 19.0. The van der Waals surface area contributed by atoms with E-state index >= 15 is 0 Å². The topological polar surface area (TPSA) is 71.4 Å². The van der Waals surface area contributed by atoms with Gasteiger partial charge in [0, 0.05) is 30.8 Å². The Kier molecular flexibility index (Phi) is 11.1. The molecule has 0 saturated carbocycles. The minimum absolute atomic E-state index is 0.0000926. The van der Waals surface area contributed by atoms with Gasteiger partial charge >= 0.3 is 0 Å². The molecule has 0 aliphatic rings. The van der Waals surface area contributed by atoms with Crippen LogP contribution < -0.4 is 0 Å². The molecule has 0 spiro atoms. The number of rotatable bonds is 9. The number of allylic oxidation sites excluding steroid dienone is 2. The lowest BCUT2D eigenvalue weighted by Crippen LogP contribution is -2.14. The lowest BCUT2D eigenvalue weighted by atomic mass is 10.00. The first-order chi connectivity index (χ1) is 14.2. The van der Waals surface area contributed by atoms with Gasteiger partial charge in [0.15, 0.2) is 5.78 Å². The predicted molar refractivity (Wildman–Crippen MR) is 120 cm³/mol. The van der Waals surface area contributed by atoms with Crippen molar-refractivity contribution in [1.82, 2.24) is 0 Å². The number of benzene rings is 2. The molecule has 0 aliphatic heterocycles. The molecule has 0 aromatic heterocycles. The maximum absolute atomic E-state index is 11.5. The third kappa shape index (κ3) is 10.5. The number of aliphatic hydroxyl groups is 1. The van der Waals surface area contributed by atoms with Gasteiger partial charge in [-0.2, -0.15) is 0 Å². The Balaban J connectivity index is 0.000000300. The fourth-order valence-electron chi connectivity index (χ4n) is 2.46. The van der Waals surface area contributed by atoms with Crippen LogP contribution in [0.5, 0.6) is 0 Å². The third-order valence-electron chi connectivity index (χ3n) is 4.38. The Labute approximate surface area is 179 Å². The van der Waals surface area contributed by atoms with Crippen LogP contribution in [-0.2, 0) is 27.2 Å². The summed E-state index contributed by atoms with van der Waals surface area (Å²) >= 11 is 0. The van der Waals surface area contributed by atoms with Gasteiger partial charge in [-0.15, -0.1) is 0 Å². The summed E-state index contributed by atoms with van der Waals surface area (Å²) in [4.78, 5) is 34.3. The van der Waals surface area contributed by atoms with Gasteiger partial charge in [-0.05, 0) is 11.1 Å². The highest BCUT2D eigenvalue weighted by atomic mass is 16.3. The molecule has 2 aromatic rings. The van der Waals surface area contributed by atoms with Crippen molar-refractivity contribution < 1.29 is 19.5 Å². The average Bonchev–Trinajstić information content (AvgIpc) is 2.69. The molecule has 0 saturated heterocycles. The fourth-order valence-corrected chi connectivity index (χ4v) is 2.46. The zero-order valence-corrected chi connectivity index (χ0v) is 18.3. The highest BCUT2D eigenvalue weighted by molar-refractivity contribution is 6.00. The minimum Gasteiger partial charge on any atom is -0.512 e. The van der Waals surface area contributed by atoms with Crippen molar-refractivity contribution >= 4 is 17.3 Å². The van der Waals surface area contributed by atoms with Crippen molar-refractivity contribution in [2.24, 2.45) is 11.8 Å². The van der Waals surface area contributed by atoms with Gasteiger partial charge < -0.3 is 5.11 Å². The van der Waals surface area contributed by atoms with Crippen molar-refractivity contribution in [1.29, 1.82) is 0 Å². The molecule has 0 heterocycles. The SMILES string of the molecule is CC(C)/C(O)=C/C(=O)Cc1ccccc1.CC(C)C(=O)CC(=O)Cc1ccccc1. The molecule has 0 fully saturated rings. The molecule has 30 heavy (non-hydrogen) atoms. The number of hydrogen-bond donors (Lipinski definition) is 1. The molecule has 0 unspecified atom stereocenters. The van der Waals surface area contributed by atoms with Crippen LogP contribution in [0.3, 0.4) is 0 Å². The van der Waals surface area contributed by atoms with Crippen LogP contribution in [0.15, 0.2) is 72.5 Å². The summed E-state index contributed by atoms with van der Waals surface area (Å²) in [6.07, 6.45) is 2.08. The normalized spacial score (nSPS) is 11.1. The molecule has 0 aliphatic carbocycles. The molecule has 1 N–H and O–H groups in total. The van der Waals surface area contributed by atoms with Crippen LogP contribution >= 0.6 is 0 Å². The summed E-state index contributed by atoms with van der Waals surface area (Å²) in [5, 5.41) is 9.42. The Morgan fingerprint density at radius 3 is 1.67 bits per heavy atom. The molecular weight excluding hydrogens is 376 g/mol. The van der Waals surface area contributed by atoms with E-state index in [-0.39, 0.29) is 41.4 Å². The summed E-state index contributed by atoms with van der Waals surface area (Å²) in [6.45, 7) is 7.33. The van der Waals surface area contributed by atoms with Crippen LogP contribution in [0.4, 0.5) is 0 Å². The van der Waals surface area contributed by atoms with E-state index < -0.39 is 0 Å². The molecule has 2 rings (SSSR count). The molecule has 0 radical (unpaired) electrons. The van der Waals surface area contributed by atoms with Crippen LogP contribution in [0.1, 0.15) is 45.2 Å². The van der Waals surface area contributed by atoms with Gasteiger partial charge in [0.2, 0.25) is 0 Å². The van der Waals surface area contributed by atoms with Crippen molar-refractivity contribution in [3.63, 3.8) is 0 Å².